The first-order valence-corrected chi connectivity index (χ1v) is 4.38. The molecule has 3 N–H and O–H groups in total. The lowest BCUT2D eigenvalue weighted by Gasteiger charge is -2.00. The van der Waals surface area contributed by atoms with Crippen LogP contribution in [0.15, 0.2) is 0 Å². The van der Waals surface area contributed by atoms with Crippen LogP contribution in [-0.4, -0.2) is 24.6 Å². The van der Waals surface area contributed by atoms with Crippen molar-refractivity contribution in [1.29, 1.82) is 0 Å². The second-order valence-electron chi connectivity index (χ2n) is 3.06. The summed E-state index contributed by atoms with van der Waals surface area (Å²) in [4.78, 5) is 21.4. The second-order valence-corrected chi connectivity index (χ2v) is 3.06. The number of hydrogen-bond donors (Lipinski definition) is 2. The van der Waals surface area contributed by atoms with Crippen LogP contribution < -0.4 is 11.1 Å². The van der Waals surface area contributed by atoms with Crippen molar-refractivity contribution in [3.05, 3.63) is 0 Å². The maximum Gasteiger partial charge on any atom is 0.222 e. The Labute approximate surface area is 76.6 Å². The largest absolute Gasteiger partial charge is 0.370 e. The molecule has 2 amide bonds. The average Bonchev–Trinajstić information content (AvgIpc) is 2.81. The highest BCUT2D eigenvalue weighted by atomic mass is 16.6. The Morgan fingerprint density at radius 1 is 1.38 bits per heavy atom. The molecule has 0 saturated carbocycles. The summed E-state index contributed by atoms with van der Waals surface area (Å²) < 4.78 is 4.82. The molecule has 1 aliphatic heterocycles. The summed E-state index contributed by atoms with van der Waals surface area (Å²) in [7, 11) is 0. The number of nitrogens with two attached hydrogens (primary N) is 1. The number of ether oxygens (including phenoxy) is 1. The number of unbranched alkanes of at least 4 members (excludes halogenated alkanes) is 1. The van der Waals surface area contributed by atoms with Crippen LogP contribution >= 0.6 is 0 Å². The van der Waals surface area contributed by atoms with E-state index in [1.807, 2.05) is 0 Å². The molecule has 1 atom stereocenters. The third-order valence-corrected chi connectivity index (χ3v) is 1.73. The Morgan fingerprint density at radius 3 is 2.54 bits per heavy atom. The maximum atomic E-state index is 11.0. The molecule has 5 heteroatoms. The van der Waals surface area contributed by atoms with Gasteiger partial charge in [0.25, 0.3) is 0 Å². The minimum Gasteiger partial charge on any atom is -0.370 e. The van der Waals surface area contributed by atoms with Crippen LogP contribution in [0.4, 0.5) is 0 Å². The first-order chi connectivity index (χ1) is 6.18. The van der Waals surface area contributed by atoms with Crippen LogP contribution in [0.25, 0.3) is 0 Å². The number of carbonyl (C=O) groups excluding carboxylic acids is 2. The number of primary amides is 1. The Hall–Kier alpha value is -1.10. The van der Waals surface area contributed by atoms with E-state index in [9.17, 15) is 9.59 Å². The monoisotopic (exact) mass is 186 g/mol. The molecule has 0 spiro atoms. The molecular formula is C8H14N2O3. The Morgan fingerprint density at radius 2 is 2.00 bits per heavy atom. The lowest BCUT2D eigenvalue weighted by atomic mass is 10.2. The van der Waals surface area contributed by atoms with Crippen LogP contribution in [0.1, 0.15) is 25.7 Å². The standard InChI is InChI=1S/C8H14N2O3/c9-6(11)3-1-2-4-7(12)10-8-5-13-8/h8H,1-5H2,(H2,9,11)(H,10,12). The lowest BCUT2D eigenvalue weighted by molar-refractivity contribution is -0.122. The van der Waals surface area contributed by atoms with Gasteiger partial charge in [-0.1, -0.05) is 0 Å². The molecule has 13 heavy (non-hydrogen) atoms. The SMILES string of the molecule is NC(=O)CCCCC(=O)NC1CO1. The van der Waals surface area contributed by atoms with Gasteiger partial charge in [0.2, 0.25) is 11.8 Å². The van der Waals surface area contributed by atoms with Gasteiger partial charge in [-0.05, 0) is 12.8 Å². The van der Waals surface area contributed by atoms with Crippen LogP contribution in [-0.2, 0) is 14.3 Å². The molecule has 0 aromatic carbocycles. The van der Waals surface area contributed by atoms with Crippen molar-refractivity contribution in [1.82, 2.24) is 5.32 Å². The normalized spacial score (nSPS) is 19.5. The van der Waals surface area contributed by atoms with Crippen LogP contribution in [0.2, 0.25) is 0 Å². The molecule has 1 heterocycles. The van der Waals surface area contributed by atoms with E-state index in [-0.39, 0.29) is 18.0 Å². The van der Waals surface area contributed by atoms with Crippen molar-refractivity contribution in [2.45, 2.75) is 31.9 Å². The van der Waals surface area contributed by atoms with Crippen molar-refractivity contribution in [2.75, 3.05) is 6.61 Å². The number of nitrogens with one attached hydrogen (secondary N) is 1. The highest BCUT2D eigenvalue weighted by molar-refractivity contribution is 5.76. The maximum absolute atomic E-state index is 11.0. The zero-order valence-corrected chi connectivity index (χ0v) is 7.41. The molecule has 1 rings (SSSR count). The van der Waals surface area contributed by atoms with E-state index in [0.717, 1.165) is 0 Å². The summed E-state index contributed by atoms with van der Waals surface area (Å²) in [6.07, 6.45) is 2.10. The number of hydrogen-bond acceptors (Lipinski definition) is 3. The van der Waals surface area contributed by atoms with E-state index in [2.05, 4.69) is 5.32 Å². The summed E-state index contributed by atoms with van der Waals surface area (Å²) in [5.74, 6) is -0.335. The summed E-state index contributed by atoms with van der Waals surface area (Å²) in [5, 5.41) is 2.66. The molecule has 0 bridgehead atoms. The topological polar surface area (TPSA) is 84.7 Å². The molecular weight excluding hydrogens is 172 g/mol. The zero-order chi connectivity index (χ0) is 9.68. The van der Waals surface area contributed by atoms with Gasteiger partial charge in [0.05, 0.1) is 6.61 Å². The number of carbonyl (C=O) groups is 2. The van der Waals surface area contributed by atoms with E-state index in [1.54, 1.807) is 0 Å². The zero-order valence-electron chi connectivity index (χ0n) is 7.41. The minimum absolute atomic E-state index is 0.0213. The van der Waals surface area contributed by atoms with Crippen molar-refractivity contribution in [3.8, 4) is 0 Å². The fourth-order valence-corrected chi connectivity index (χ4v) is 0.968. The number of epoxide rings is 1. The van der Waals surface area contributed by atoms with Gasteiger partial charge in [-0.25, -0.2) is 0 Å². The van der Waals surface area contributed by atoms with Crippen molar-refractivity contribution in [2.24, 2.45) is 5.73 Å². The quantitative estimate of drug-likeness (QED) is 0.433. The number of rotatable bonds is 6. The highest BCUT2D eigenvalue weighted by Gasteiger charge is 2.23. The van der Waals surface area contributed by atoms with E-state index in [0.29, 0.717) is 32.3 Å². The average molecular weight is 186 g/mol. The predicted molar refractivity (Wildman–Crippen MR) is 45.5 cm³/mol. The smallest absolute Gasteiger partial charge is 0.222 e. The lowest BCUT2D eigenvalue weighted by Crippen LogP contribution is -2.25. The van der Waals surface area contributed by atoms with Gasteiger partial charge >= 0.3 is 0 Å². The second kappa shape index (κ2) is 4.81. The fraction of sp³-hybridized carbons (Fsp3) is 0.750. The van der Waals surface area contributed by atoms with Gasteiger partial charge in [0, 0.05) is 12.8 Å². The Balaban J connectivity index is 1.91. The van der Waals surface area contributed by atoms with Crippen LogP contribution in [0, 0.1) is 0 Å². The van der Waals surface area contributed by atoms with Crippen molar-refractivity contribution >= 4 is 11.8 Å². The molecule has 0 radical (unpaired) electrons. The molecule has 0 aromatic heterocycles. The third-order valence-electron chi connectivity index (χ3n) is 1.73. The van der Waals surface area contributed by atoms with Crippen molar-refractivity contribution < 1.29 is 14.3 Å². The van der Waals surface area contributed by atoms with E-state index in [1.165, 1.54) is 0 Å². The summed E-state index contributed by atoms with van der Waals surface area (Å²) in [6.45, 7) is 0.618. The van der Waals surface area contributed by atoms with Gasteiger partial charge in [-0.2, -0.15) is 0 Å². The fourth-order valence-electron chi connectivity index (χ4n) is 0.968. The minimum atomic E-state index is -0.314. The summed E-state index contributed by atoms with van der Waals surface area (Å²) in [6, 6.07) is 0. The highest BCUT2D eigenvalue weighted by Crippen LogP contribution is 2.05. The van der Waals surface area contributed by atoms with Crippen LogP contribution in [0.5, 0.6) is 0 Å². The van der Waals surface area contributed by atoms with Gasteiger partial charge in [-0.3, -0.25) is 9.59 Å². The molecule has 74 valence electrons. The predicted octanol–water partition coefficient (Wildman–Crippen LogP) is -0.495. The van der Waals surface area contributed by atoms with E-state index in [4.69, 9.17) is 10.5 Å². The third kappa shape index (κ3) is 5.19. The summed E-state index contributed by atoms with van der Waals surface area (Å²) >= 11 is 0. The van der Waals surface area contributed by atoms with E-state index >= 15 is 0 Å². The van der Waals surface area contributed by atoms with Crippen LogP contribution in [0.3, 0.4) is 0 Å². The first-order valence-electron chi connectivity index (χ1n) is 4.38. The van der Waals surface area contributed by atoms with Crippen molar-refractivity contribution in [3.63, 3.8) is 0 Å². The molecule has 5 nitrogen and oxygen atoms in total. The molecule has 1 fully saturated rings. The van der Waals surface area contributed by atoms with E-state index < -0.39 is 0 Å². The van der Waals surface area contributed by atoms with Gasteiger partial charge in [0.1, 0.15) is 0 Å². The number of amides is 2. The van der Waals surface area contributed by atoms with Gasteiger partial charge in [-0.15, -0.1) is 0 Å². The molecule has 0 aliphatic carbocycles. The molecule has 1 saturated heterocycles. The first kappa shape index (κ1) is 9.98. The Bertz CT molecular complexity index is 202. The molecule has 1 unspecified atom stereocenters. The van der Waals surface area contributed by atoms with Gasteiger partial charge < -0.3 is 15.8 Å². The summed E-state index contributed by atoms with van der Waals surface area (Å²) in [5.41, 5.74) is 4.94. The molecule has 0 aromatic rings. The van der Waals surface area contributed by atoms with Gasteiger partial charge in [0.15, 0.2) is 6.23 Å². The molecule has 1 aliphatic rings. The Kier molecular flexibility index (Phi) is 3.70.